The van der Waals surface area contributed by atoms with Gasteiger partial charge in [0.1, 0.15) is 0 Å². The average molecular weight is 102 g/mol. The smallest absolute Gasteiger partial charge is 0.185 e. The van der Waals surface area contributed by atoms with Gasteiger partial charge in [0.25, 0.3) is 0 Å². The van der Waals surface area contributed by atoms with Crippen molar-refractivity contribution in [2.45, 2.75) is 13.3 Å². The zero-order chi connectivity index (χ0) is 5.54. The van der Waals surface area contributed by atoms with Crippen LogP contribution in [0.3, 0.4) is 0 Å². The Morgan fingerprint density at radius 2 is 2.43 bits per heavy atom. The van der Waals surface area contributed by atoms with Crippen molar-refractivity contribution < 1.29 is 9.84 Å². The van der Waals surface area contributed by atoms with Crippen LogP contribution >= 0.6 is 0 Å². The van der Waals surface area contributed by atoms with Gasteiger partial charge in [-0.05, 0) is 12.5 Å². The maximum Gasteiger partial charge on any atom is 0.185 e. The van der Waals surface area contributed by atoms with Crippen LogP contribution < -0.4 is 0 Å². The van der Waals surface area contributed by atoms with Crippen LogP contribution in [-0.4, -0.2) is 11.9 Å². The van der Waals surface area contributed by atoms with Gasteiger partial charge in [0.2, 0.25) is 0 Å². The van der Waals surface area contributed by atoms with E-state index >= 15 is 0 Å². The van der Waals surface area contributed by atoms with Crippen LogP contribution in [-0.2, 0) is 4.74 Å². The molecule has 0 bridgehead atoms. The van der Waals surface area contributed by atoms with Crippen LogP contribution in [0, 0.1) is 0 Å². The molecule has 0 aromatic carbocycles. The molecule has 0 fully saturated rings. The van der Waals surface area contributed by atoms with Crippen LogP contribution in [0.1, 0.15) is 13.3 Å². The highest BCUT2D eigenvalue weighted by Crippen LogP contribution is 1.78. The second kappa shape index (κ2) is 5.50. The lowest BCUT2D eigenvalue weighted by molar-refractivity contribution is 0.0599. The largest absolute Gasteiger partial charge is 0.476 e. The predicted molar refractivity (Wildman–Crippen MR) is 27.6 cm³/mol. The van der Waals surface area contributed by atoms with Gasteiger partial charge in [0, 0.05) is 0 Å². The van der Waals surface area contributed by atoms with Gasteiger partial charge in [-0.1, -0.05) is 6.92 Å². The van der Waals surface area contributed by atoms with E-state index in [1.807, 2.05) is 13.0 Å². The number of aliphatic hydroxyl groups is 1. The first kappa shape index (κ1) is 6.50. The van der Waals surface area contributed by atoms with Crippen LogP contribution in [0.2, 0.25) is 0 Å². The van der Waals surface area contributed by atoms with Gasteiger partial charge >= 0.3 is 0 Å². The molecule has 2 nitrogen and oxygen atoms in total. The van der Waals surface area contributed by atoms with Crippen molar-refractivity contribution in [2.24, 2.45) is 0 Å². The molecule has 7 heavy (non-hydrogen) atoms. The van der Waals surface area contributed by atoms with Gasteiger partial charge in [-0.25, -0.2) is 0 Å². The molecule has 0 rings (SSSR count). The van der Waals surface area contributed by atoms with Crippen molar-refractivity contribution in [2.75, 3.05) is 6.79 Å². The van der Waals surface area contributed by atoms with Crippen molar-refractivity contribution in [3.63, 3.8) is 0 Å². The van der Waals surface area contributed by atoms with Crippen molar-refractivity contribution in [1.29, 1.82) is 0 Å². The normalized spacial score (nSPS) is 10.0. The van der Waals surface area contributed by atoms with Crippen LogP contribution in [0.15, 0.2) is 12.3 Å². The van der Waals surface area contributed by atoms with Crippen molar-refractivity contribution >= 4 is 0 Å². The number of rotatable bonds is 3. The Balaban J connectivity index is 2.78. The third kappa shape index (κ3) is 5.50. The lowest BCUT2D eigenvalue weighted by Crippen LogP contribution is -1.79. The molecule has 0 atom stereocenters. The van der Waals surface area contributed by atoms with E-state index in [-0.39, 0.29) is 6.79 Å². The number of hydrogen-bond acceptors (Lipinski definition) is 2. The van der Waals surface area contributed by atoms with Gasteiger partial charge in [-0.3, -0.25) is 0 Å². The van der Waals surface area contributed by atoms with Crippen molar-refractivity contribution in [3.8, 4) is 0 Å². The van der Waals surface area contributed by atoms with Crippen LogP contribution in [0.25, 0.3) is 0 Å². The first-order chi connectivity index (χ1) is 3.41. The minimum absolute atomic E-state index is 0.226. The van der Waals surface area contributed by atoms with Gasteiger partial charge in [0.05, 0.1) is 6.26 Å². The maximum absolute atomic E-state index is 8.02. The molecular weight excluding hydrogens is 92.1 g/mol. The summed E-state index contributed by atoms with van der Waals surface area (Å²) in [5, 5.41) is 8.02. The Bertz CT molecular complexity index is 50.0. The molecule has 0 aliphatic rings. The molecule has 0 aliphatic carbocycles. The highest BCUT2D eigenvalue weighted by atomic mass is 16.6. The van der Waals surface area contributed by atoms with Gasteiger partial charge in [-0.2, -0.15) is 0 Å². The Kier molecular flexibility index (Phi) is 5.11. The summed E-state index contributed by atoms with van der Waals surface area (Å²) >= 11 is 0. The number of aliphatic hydroxyl groups excluding tert-OH is 1. The third-order valence-electron chi connectivity index (χ3n) is 0.503. The molecule has 42 valence electrons. The Labute approximate surface area is 43.4 Å². The summed E-state index contributed by atoms with van der Waals surface area (Å²) < 4.78 is 4.45. The van der Waals surface area contributed by atoms with E-state index < -0.39 is 0 Å². The highest BCUT2D eigenvalue weighted by molar-refractivity contribution is 4.69. The van der Waals surface area contributed by atoms with Crippen LogP contribution in [0.4, 0.5) is 0 Å². The zero-order valence-corrected chi connectivity index (χ0v) is 4.42. The van der Waals surface area contributed by atoms with E-state index in [2.05, 4.69) is 4.74 Å². The lowest BCUT2D eigenvalue weighted by Gasteiger charge is -1.87. The first-order valence-corrected chi connectivity index (χ1v) is 2.29. The summed E-state index contributed by atoms with van der Waals surface area (Å²) in [6, 6.07) is 0. The first-order valence-electron chi connectivity index (χ1n) is 2.29. The van der Waals surface area contributed by atoms with Crippen molar-refractivity contribution in [1.82, 2.24) is 0 Å². The Morgan fingerprint density at radius 1 is 1.71 bits per heavy atom. The quantitative estimate of drug-likeness (QED) is 0.423. The van der Waals surface area contributed by atoms with Crippen LogP contribution in [0.5, 0.6) is 0 Å². The monoisotopic (exact) mass is 102 g/mol. The third-order valence-corrected chi connectivity index (χ3v) is 0.503. The molecule has 0 unspecified atom stereocenters. The van der Waals surface area contributed by atoms with Gasteiger partial charge in [0.15, 0.2) is 6.79 Å². The predicted octanol–water partition coefficient (Wildman–Crippen LogP) is 0.876. The zero-order valence-electron chi connectivity index (χ0n) is 4.42. The van der Waals surface area contributed by atoms with E-state index in [0.717, 1.165) is 6.42 Å². The molecule has 0 heterocycles. The molecule has 0 spiro atoms. The summed E-state index contributed by atoms with van der Waals surface area (Å²) in [5.41, 5.74) is 0. The lowest BCUT2D eigenvalue weighted by atomic mass is 10.5. The second-order valence-electron chi connectivity index (χ2n) is 1.08. The number of allylic oxidation sites excluding steroid dienone is 1. The summed E-state index contributed by atoms with van der Waals surface area (Å²) in [6.07, 6.45) is 4.26. The van der Waals surface area contributed by atoms with Gasteiger partial charge in [-0.15, -0.1) is 0 Å². The molecule has 0 amide bonds. The molecule has 0 aromatic rings. The Hall–Kier alpha value is -0.500. The standard InChI is InChI=1S/C5H10O2/c1-2-3-4-7-5-6/h3-4,6H,2,5H2,1H3/b4-3+. The fourth-order valence-electron chi connectivity index (χ4n) is 0.207. The fourth-order valence-corrected chi connectivity index (χ4v) is 0.207. The highest BCUT2D eigenvalue weighted by Gasteiger charge is 1.65. The molecule has 0 aromatic heterocycles. The topological polar surface area (TPSA) is 29.5 Å². The second-order valence-corrected chi connectivity index (χ2v) is 1.08. The van der Waals surface area contributed by atoms with E-state index in [4.69, 9.17) is 5.11 Å². The summed E-state index contributed by atoms with van der Waals surface area (Å²) in [7, 11) is 0. The minimum atomic E-state index is -0.226. The Morgan fingerprint density at radius 3 is 2.86 bits per heavy atom. The van der Waals surface area contributed by atoms with E-state index in [1.165, 1.54) is 6.26 Å². The average Bonchev–Trinajstić information content (AvgIpc) is 1.69. The molecule has 0 saturated heterocycles. The van der Waals surface area contributed by atoms with E-state index in [9.17, 15) is 0 Å². The molecule has 0 radical (unpaired) electrons. The fraction of sp³-hybridized carbons (Fsp3) is 0.600. The SMILES string of the molecule is CC/C=C/OCO. The summed E-state index contributed by atoms with van der Waals surface area (Å²) in [6.45, 7) is 1.77. The van der Waals surface area contributed by atoms with E-state index in [1.54, 1.807) is 0 Å². The van der Waals surface area contributed by atoms with Crippen molar-refractivity contribution in [3.05, 3.63) is 12.3 Å². The van der Waals surface area contributed by atoms with E-state index in [0.29, 0.717) is 0 Å². The van der Waals surface area contributed by atoms with Gasteiger partial charge < -0.3 is 9.84 Å². The number of ether oxygens (including phenoxy) is 1. The summed E-state index contributed by atoms with van der Waals surface area (Å²) in [4.78, 5) is 0. The molecule has 1 N–H and O–H groups in total. The molecule has 0 aliphatic heterocycles. The molecular formula is C5H10O2. The number of hydrogen-bond donors (Lipinski definition) is 1. The minimum Gasteiger partial charge on any atom is -0.476 e. The summed E-state index contributed by atoms with van der Waals surface area (Å²) in [5.74, 6) is 0. The maximum atomic E-state index is 8.02. The molecule has 0 saturated carbocycles. The molecule has 2 heteroatoms.